The quantitative estimate of drug-likeness (QED) is 0.735. The lowest BCUT2D eigenvalue weighted by atomic mass is 10.1. The number of methoxy groups -OCH3 is 1. The van der Waals surface area contributed by atoms with E-state index in [2.05, 4.69) is 5.16 Å². The standard InChI is InChI=1S/C10H10N2O2/c1-13-10-4-7(2-3-9(10)11)8-5-12-14-6-8/h2-6H,11H2,1H3. The molecule has 0 bridgehead atoms. The number of aromatic nitrogens is 1. The molecule has 0 aliphatic rings. The van der Waals surface area contributed by atoms with Gasteiger partial charge in [0.05, 0.1) is 19.0 Å². The molecule has 2 aromatic rings. The highest BCUT2D eigenvalue weighted by atomic mass is 16.5. The van der Waals surface area contributed by atoms with Crippen molar-refractivity contribution in [1.82, 2.24) is 5.16 Å². The van der Waals surface area contributed by atoms with E-state index in [9.17, 15) is 0 Å². The summed E-state index contributed by atoms with van der Waals surface area (Å²) < 4.78 is 9.86. The zero-order chi connectivity index (χ0) is 9.97. The number of hydrogen-bond donors (Lipinski definition) is 1. The van der Waals surface area contributed by atoms with E-state index in [4.69, 9.17) is 15.0 Å². The summed E-state index contributed by atoms with van der Waals surface area (Å²) in [6.07, 6.45) is 3.22. The Hall–Kier alpha value is -1.97. The molecule has 4 heteroatoms. The van der Waals surface area contributed by atoms with Crippen LogP contribution in [0.25, 0.3) is 11.1 Å². The van der Waals surface area contributed by atoms with Gasteiger partial charge in [0.2, 0.25) is 0 Å². The molecule has 2 rings (SSSR count). The Labute approximate surface area is 81.3 Å². The van der Waals surface area contributed by atoms with E-state index < -0.39 is 0 Å². The molecule has 1 aromatic carbocycles. The molecule has 72 valence electrons. The van der Waals surface area contributed by atoms with Crippen LogP contribution in [0, 0.1) is 0 Å². The highest BCUT2D eigenvalue weighted by Gasteiger charge is 2.04. The van der Waals surface area contributed by atoms with Gasteiger partial charge in [-0.15, -0.1) is 0 Å². The van der Waals surface area contributed by atoms with Crippen LogP contribution >= 0.6 is 0 Å². The molecule has 0 aliphatic carbocycles. The van der Waals surface area contributed by atoms with Gasteiger partial charge in [-0.3, -0.25) is 0 Å². The van der Waals surface area contributed by atoms with E-state index in [1.54, 1.807) is 25.6 Å². The van der Waals surface area contributed by atoms with Crippen LogP contribution < -0.4 is 10.5 Å². The molecule has 0 saturated carbocycles. The van der Waals surface area contributed by atoms with Crippen LogP contribution in [0.3, 0.4) is 0 Å². The fourth-order valence-electron chi connectivity index (χ4n) is 1.24. The fraction of sp³-hybridized carbons (Fsp3) is 0.100. The smallest absolute Gasteiger partial charge is 0.142 e. The third kappa shape index (κ3) is 1.42. The van der Waals surface area contributed by atoms with Gasteiger partial charge in [0.25, 0.3) is 0 Å². The third-order valence-electron chi connectivity index (χ3n) is 2.00. The van der Waals surface area contributed by atoms with E-state index in [0.29, 0.717) is 11.4 Å². The van der Waals surface area contributed by atoms with E-state index >= 15 is 0 Å². The molecule has 2 N–H and O–H groups in total. The molecule has 0 spiro atoms. The molecule has 0 atom stereocenters. The lowest BCUT2D eigenvalue weighted by Crippen LogP contribution is -1.91. The summed E-state index contributed by atoms with van der Waals surface area (Å²) in [7, 11) is 1.59. The second-order valence-corrected chi connectivity index (χ2v) is 2.87. The van der Waals surface area contributed by atoms with Crippen LogP contribution in [0.15, 0.2) is 35.2 Å². The second-order valence-electron chi connectivity index (χ2n) is 2.87. The zero-order valence-corrected chi connectivity index (χ0v) is 7.73. The van der Waals surface area contributed by atoms with Crippen LogP contribution in [-0.2, 0) is 0 Å². The summed E-state index contributed by atoms with van der Waals surface area (Å²) >= 11 is 0. The lowest BCUT2D eigenvalue weighted by Gasteiger charge is -2.05. The van der Waals surface area contributed by atoms with E-state index in [-0.39, 0.29) is 0 Å². The van der Waals surface area contributed by atoms with Crippen molar-refractivity contribution in [3.8, 4) is 16.9 Å². The van der Waals surface area contributed by atoms with Gasteiger partial charge in [-0.1, -0.05) is 11.2 Å². The van der Waals surface area contributed by atoms with Crippen molar-refractivity contribution in [2.75, 3.05) is 12.8 Å². The zero-order valence-electron chi connectivity index (χ0n) is 7.73. The molecule has 0 saturated heterocycles. The number of nitrogens with two attached hydrogens (primary N) is 1. The first-order chi connectivity index (χ1) is 6.81. The summed E-state index contributed by atoms with van der Waals surface area (Å²) in [6, 6.07) is 5.54. The van der Waals surface area contributed by atoms with E-state index in [1.165, 1.54) is 0 Å². The first-order valence-corrected chi connectivity index (χ1v) is 4.14. The maximum atomic E-state index is 5.69. The summed E-state index contributed by atoms with van der Waals surface area (Å²) in [4.78, 5) is 0. The van der Waals surface area contributed by atoms with Gasteiger partial charge in [0.1, 0.15) is 12.0 Å². The Kier molecular flexibility index (Phi) is 2.10. The molecule has 1 heterocycles. The first-order valence-electron chi connectivity index (χ1n) is 4.14. The van der Waals surface area contributed by atoms with Crippen LogP contribution in [0.1, 0.15) is 0 Å². The molecule has 0 unspecified atom stereocenters. The van der Waals surface area contributed by atoms with Crippen molar-refractivity contribution in [2.45, 2.75) is 0 Å². The van der Waals surface area contributed by atoms with Gasteiger partial charge in [-0.05, 0) is 17.7 Å². The molecule has 4 nitrogen and oxygen atoms in total. The summed E-state index contributed by atoms with van der Waals surface area (Å²) in [5.41, 5.74) is 8.18. The highest BCUT2D eigenvalue weighted by Crippen LogP contribution is 2.28. The Morgan fingerprint density at radius 3 is 2.86 bits per heavy atom. The predicted octanol–water partition coefficient (Wildman–Crippen LogP) is 1.93. The molecule has 0 aliphatic heterocycles. The van der Waals surface area contributed by atoms with Crippen molar-refractivity contribution in [1.29, 1.82) is 0 Å². The number of hydrogen-bond acceptors (Lipinski definition) is 4. The SMILES string of the molecule is COc1cc(-c2cnoc2)ccc1N. The van der Waals surface area contributed by atoms with Gasteiger partial charge in [-0.2, -0.15) is 0 Å². The normalized spacial score (nSPS) is 10.1. The number of nitrogens with zero attached hydrogens (tertiary/aromatic N) is 1. The van der Waals surface area contributed by atoms with Crippen LogP contribution in [0.4, 0.5) is 5.69 Å². The monoisotopic (exact) mass is 190 g/mol. The fourth-order valence-corrected chi connectivity index (χ4v) is 1.24. The second kappa shape index (κ2) is 3.41. The summed E-state index contributed by atoms with van der Waals surface area (Å²) in [5.74, 6) is 0.656. The number of nitrogen functional groups attached to an aromatic ring is 1. The van der Waals surface area contributed by atoms with Crippen LogP contribution in [0.2, 0.25) is 0 Å². The molecule has 0 radical (unpaired) electrons. The largest absolute Gasteiger partial charge is 0.495 e. The summed E-state index contributed by atoms with van der Waals surface area (Å²) in [5, 5.41) is 3.63. The molecule has 14 heavy (non-hydrogen) atoms. The van der Waals surface area contributed by atoms with Gasteiger partial charge in [0, 0.05) is 5.56 Å². The van der Waals surface area contributed by atoms with E-state index in [1.807, 2.05) is 12.1 Å². The number of anilines is 1. The minimum Gasteiger partial charge on any atom is -0.495 e. The van der Waals surface area contributed by atoms with Crippen LogP contribution in [-0.4, -0.2) is 12.3 Å². The first kappa shape index (κ1) is 8.62. The van der Waals surface area contributed by atoms with Crippen molar-refractivity contribution in [2.24, 2.45) is 0 Å². The Balaban J connectivity index is 2.46. The maximum Gasteiger partial charge on any atom is 0.142 e. The summed E-state index contributed by atoms with van der Waals surface area (Å²) in [6.45, 7) is 0. The minimum atomic E-state index is 0.618. The van der Waals surface area contributed by atoms with Gasteiger partial charge in [-0.25, -0.2) is 0 Å². The van der Waals surface area contributed by atoms with Crippen molar-refractivity contribution < 1.29 is 9.26 Å². The van der Waals surface area contributed by atoms with E-state index in [0.717, 1.165) is 11.1 Å². The Morgan fingerprint density at radius 1 is 1.36 bits per heavy atom. The minimum absolute atomic E-state index is 0.618. The van der Waals surface area contributed by atoms with Gasteiger partial charge >= 0.3 is 0 Å². The molecule has 0 fully saturated rings. The number of benzene rings is 1. The molecule has 0 amide bonds. The van der Waals surface area contributed by atoms with Crippen LogP contribution in [0.5, 0.6) is 5.75 Å². The van der Waals surface area contributed by atoms with Crippen molar-refractivity contribution >= 4 is 5.69 Å². The third-order valence-corrected chi connectivity index (χ3v) is 2.00. The average molecular weight is 190 g/mol. The van der Waals surface area contributed by atoms with Gasteiger partial charge in [0.15, 0.2) is 0 Å². The van der Waals surface area contributed by atoms with Crippen molar-refractivity contribution in [3.05, 3.63) is 30.7 Å². The highest BCUT2D eigenvalue weighted by molar-refractivity contribution is 5.68. The predicted molar refractivity (Wildman–Crippen MR) is 52.9 cm³/mol. The Bertz CT molecular complexity index is 424. The molecule has 1 aromatic heterocycles. The lowest BCUT2D eigenvalue weighted by molar-refractivity contribution is 0.417. The number of rotatable bonds is 2. The Morgan fingerprint density at radius 2 is 2.21 bits per heavy atom. The number of ether oxygens (including phenoxy) is 1. The molecular formula is C10H10N2O2. The topological polar surface area (TPSA) is 61.3 Å². The van der Waals surface area contributed by atoms with Gasteiger partial charge < -0.3 is 15.0 Å². The maximum absolute atomic E-state index is 5.69. The van der Waals surface area contributed by atoms with Crippen molar-refractivity contribution in [3.63, 3.8) is 0 Å². The molecular weight excluding hydrogens is 180 g/mol. The average Bonchev–Trinajstić information content (AvgIpc) is 2.71.